The van der Waals surface area contributed by atoms with E-state index in [1.54, 1.807) is 0 Å². The third kappa shape index (κ3) is 8.33. The molecule has 8 heteroatoms. The van der Waals surface area contributed by atoms with Gasteiger partial charge in [-0.1, -0.05) is 12.2 Å². The number of halogens is 2. The van der Waals surface area contributed by atoms with Crippen molar-refractivity contribution in [3.05, 3.63) is 12.2 Å². The fourth-order valence-corrected chi connectivity index (χ4v) is 2.48. The SMILES string of the molecule is O=C(OCCOCCCl)[C@H]1CC=CC[C@H]1C(=O)OCCOCCCl. The topological polar surface area (TPSA) is 71.1 Å². The molecule has 0 heterocycles. The van der Waals surface area contributed by atoms with Crippen molar-refractivity contribution < 1.29 is 28.5 Å². The van der Waals surface area contributed by atoms with Crippen molar-refractivity contribution in [1.29, 1.82) is 0 Å². The van der Waals surface area contributed by atoms with Gasteiger partial charge in [-0.05, 0) is 12.8 Å². The van der Waals surface area contributed by atoms with Crippen molar-refractivity contribution in [3.63, 3.8) is 0 Å². The minimum Gasteiger partial charge on any atom is -0.463 e. The molecule has 1 rings (SSSR count). The van der Waals surface area contributed by atoms with Gasteiger partial charge in [-0.3, -0.25) is 9.59 Å². The normalized spacial score (nSPS) is 19.9. The van der Waals surface area contributed by atoms with Crippen LogP contribution in [0.1, 0.15) is 12.8 Å². The molecule has 24 heavy (non-hydrogen) atoms. The molecule has 0 bridgehead atoms. The highest BCUT2D eigenvalue weighted by molar-refractivity contribution is 6.18. The van der Waals surface area contributed by atoms with E-state index in [9.17, 15) is 9.59 Å². The van der Waals surface area contributed by atoms with Crippen LogP contribution in [0.25, 0.3) is 0 Å². The smallest absolute Gasteiger partial charge is 0.310 e. The molecule has 0 spiro atoms. The first kappa shape index (κ1) is 21.2. The van der Waals surface area contributed by atoms with E-state index in [1.165, 1.54) is 0 Å². The number of hydrogen-bond acceptors (Lipinski definition) is 6. The molecule has 1 aliphatic carbocycles. The second-order valence-corrected chi connectivity index (χ2v) is 5.85. The Labute approximate surface area is 152 Å². The molecule has 0 amide bonds. The van der Waals surface area contributed by atoms with Crippen LogP contribution in [0, 0.1) is 11.8 Å². The number of allylic oxidation sites excluding steroid dienone is 2. The van der Waals surface area contributed by atoms with Gasteiger partial charge in [0.1, 0.15) is 13.2 Å². The Morgan fingerprint density at radius 1 is 0.750 bits per heavy atom. The highest BCUT2D eigenvalue weighted by Gasteiger charge is 2.36. The minimum atomic E-state index is -0.528. The second-order valence-electron chi connectivity index (χ2n) is 5.09. The van der Waals surface area contributed by atoms with Crippen molar-refractivity contribution in [3.8, 4) is 0 Å². The van der Waals surface area contributed by atoms with Gasteiger partial charge in [-0.15, -0.1) is 23.2 Å². The molecular formula is C16H24Cl2O6. The van der Waals surface area contributed by atoms with Gasteiger partial charge in [0.15, 0.2) is 0 Å². The molecule has 6 nitrogen and oxygen atoms in total. The molecular weight excluding hydrogens is 359 g/mol. The number of ether oxygens (including phenoxy) is 4. The van der Waals surface area contributed by atoms with Crippen molar-refractivity contribution in [1.82, 2.24) is 0 Å². The molecule has 0 aliphatic heterocycles. The molecule has 0 aromatic carbocycles. The van der Waals surface area contributed by atoms with E-state index in [2.05, 4.69) is 0 Å². The van der Waals surface area contributed by atoms with Gasteiger partial charge in [0, 0.05) is 11.8 Å². The first-order chi connectivity index (χ1) is 11.7. The van der Waals surface area contributed by atoms with E-state index in [0.717, 1.165) is 0 Å². The zero-order chi connectivity index (χ0) is 17.6. The largest absolute Gasteiger partial charge is 0.463 e. The molecule has 2 atom stereocenters. The third-order valence-corrected chi connectivity index (χ3v) is 3.73. The van der Waals surface area contributed by atoms with E-state index in [4.69, 9.17) is 42.1 Å². The molecule has 0 fully saturated rings. The third-order valence-electron chi connectivity index (χ3n) is 3.42. The summed E-state index contributed by atoms with van der Waals surface area (Å²) in [6.45, 7) is 1.67. The lowest BCUT2D eigenvalue weighted by Crippen LogP contribution is -2.34. The number of esters is 2. The average Bonchev–Trinajstić information content (AvgIpc) is 2.61. The van der Waals surface area contributed by atoms with Crippen LogP contribution >= 0.6 is 23.2 Å². The Morgan fingerprint density at radius 3 is 1.54 bits per heavy atom. The van der Waals surface area contributed by atoms with Crippen LogP contribution in [0.15, 0.2) is 12.2 Å². The second kappa shape index (κ2) is 13.5. The summed E-state index contributed by atoms with van der Waals surface area (Å²) in [5.74, 6) is -1.09. The van der Waals surface area contributed by atoms with Gasteiger partial charge >= 0.3 is 11.9 Å². The molecule has 1 aliphatic rings. The molecule has 138 valence electrons. The number of carbonyl (C=O) groups excluding carboxylic acids is 2. The fourth-order valence-electron chi connectivity index (χ4n) is 2.26. The summed E-state index contributed by atoms with van der Waals surface area (Å²) in [5, 5.41) is 0. The maximum atomic E-state index is 12.2. The van der Waals surface area contributed by atoms with Gasteiger partial charge in [0.25, 0.3) is 0 Å². The van der Waals surface area contributed by atoms with Crippen LogP contribution < -0.4 is 0 Å². The molecule has 0 saturated carbocycles. The van der Waals surface area contributed by atoms with Crippen LogP contribution in [0.4, 0.5) is 0 Å². The zero-order valence-electron chi connectivity index (χ0n) is 13.6. The van der Waals surface area contributed by atoms with Gasteiger partial charge in [0.2, 0.25) is 0 Å². The minimum absolute atomic E-state index is 0.143. The van der Waals surface area contributed by atoms with Gasteiger partial charge in [-0.2, -0.15) is 0 Å². The number of alkyl halides is 2. The van der Waals surface area contributed by atoms with E-state index in [-0.39, 0.29) is 26.4 Å². The lowest BCUT2D eigenvalue weighted by Gasteiger charge is -2.25. The van der Waals surface area contributed by atoms with Crippen LogP contribution in [0.2, 0.25) is 0 Å². The predicted octanol–water partition coefficient (Wildman–Crippen LogP) is 2.17. The average molecular weight is 383 g/mol. The summed E-state index contributed by atoms with van der Waals surface area (Å²) in [5.41, 5.74) is 0. The first-order valence-corrected chi connectivity index (χ1v) is 9.03. The molecule has 0 radical (unpaired) electrons. The molecule has 0 saturated heterocycles. The summed E-state index contributed by atoms with van der Waals surface area (Å²) in [7, 11) is 0. The van der Waals surface area contributed by atoms with Gasteiger partial charge in [-0.25, -0.2) is 0 Å². The van der Waals surface area contributed by atoms with Crippen LogP contribution in [-0.4, -0.2) is 63.3 Å². The molecule has 0 N–H and O–H groups in total. The lowest BCUT2D eigenvalue weighted by atomic mass is 9.83. The summed E-state index contributed by atoms with van der Waals surface area (Å²) in [6, 6.07) is 0. The summed E-state index contributed by atoms with van der Waals surface area (Å²) in [4.78, 5) is 24.4. The van der Waals surface area contributed by atoms with E-state index < -0.39 is 23.8 Å². The van der Waals surface area contributed by atoms with Crippen LogP contribution in [-0.2, 0) is 28.5 Å². The van der Waals surface area contributed by atoms with Crippen molar-refractivity contribution >= 4 is 35.1 Å². The Kier molecular flexibility index (Phi) is 11.9. The molecule has 0 aromatic heterocycles. The Hall–Kier alpha value is -0.820. The maximum Gasteiger partial charge on any atom is 0.310 e. The lowest BCUT2D eigenvalue weighted by molar-refractivity contribution is -0.162. The fraction of sp³-hybridized carbons (Fsp3) is 0.750. The highest BCUT2D eigenvalue weighted by atomic mass is 35.5. The van der Waals surface area contributed by atoms with Gasteiger partial charge < -0.3 is 18.9 Å². The first-order valence-electron chi connectivity index (χ1n) is 7.96. The molecule has 0 aromatic rings. The van der Waals surface area contributed by atoms with Gasteiger partial charge in [0.05, 0.1) is 38.3 Å². The number of carbonyl (C=O) groups is 2. The quantitative estimate of drug-likeness (QED) is 0.223. The molecule has 0 unspecified atom stereocenters. The predicted molar refractivity (Wildman–Crippen MR) is 90.4 cm³/mol. The zero-order valence-corrected chi connectivity index (χ0v) is 15.1. The monoisotopic (exact) mass is 382 g/mol. The van der Waals surface area contributed by atoms with Crippen LogP contribution in [0.5, 0.6) is 0 Å². The van der Waals surface area contributed by atoms with Crippen molar-refractivity contribution in [2.75, 3.05) is 51.4 Å². The van der Waals surface area contributed by atoms with E-state index in [1.807, 2.05) is 12.2 Å². The number of rotatable bonds is 12. The Balaban J connectivity index is 2.36. The van der Waals surface area contributed by atoms with E-state index in [0.29, 0.717) is 37.8 Å². The van der Waals surface area contributed by atoms with Crippen molar-refractivity contribution in [2.45, 2.75) is 12.8 Å². The highest BCUT2D eigenvalue weighted by Crippen LogP contribution is 2.28. The summed E-state index contributed by atoms with van der Waals surface area (Å²) in [6.07, 6.45) is 4.68. The summed E-state index contributed by atoms with van der Waals surface area (Å²) >= 11 is 11.0. The standard InChI is InChI=1S/C16H24Cl2O6/c17-5-7-21-9-11-23-15(19)13-3-1-2-4-14(13)16(20)24-12-10-22-8-6-18/h1-2,13-14H,3-12H2/t13-,14+. The van der Waals surface area contributed by atoms with Crippen molar-refractivity contribution in [2.24, 2.45) is 11.8 Å². The maximum absolute atomic E-state index is 12.2. The Bertz CT molecular complexity index is 366. The summed E-state index contributed by atoms with van der Waals surface area (Å²) < 4.78 is 20.6. The van der Waals surface area contributed by atoms with E-state index >= 15 is 0 Å². The van der Waals surface area contributed by atoms with Crippen LogP contribution in [0.3, 0.4) is 0 Å². The number of hydrogen-bond donors (Lipinski definition) is 0. The Morgan fingerprint density at radius 2 is 1.17 bits per heavy atom.